The first-order valence-corrected chi connectivity index (χ1v) is 11.7. The summed E-state index contributed by atoms with van der Waals surface area (Å²) < 4.78 is 34.4. The van der Waals surface area contributed by atoms with Crippen LogP contribution in [-0.2, 0) is 5.54 Å². The standard InChI is InChI=1S/C23H22ClF2N7O4/c1-23(2,30-22(35)36)11-6-15(24)29-16(7-11)37-18-12-8-32(9-13(12)18)20(34)14-10-33(31-17(14)19(25)26)21-27-4-3-5-28-21/h3-7,10,12-13,18-19,30H,8-9H2,1-2H3,(H,35,36)/t12-,13+,18?. The smallest absolute Gasteiger partial charge is 0.405 e. The summed E-state index contributed by atoms with van der Waals surface area (Å²) in [4.78, 5) is 37.9. The highest BCUT2D eigenvalue weighted by atomic mass is 35.5. The Kier molecular flexibility index (Phi) is 6.18. The van der Waals surface area contributed by atoms with Gasteiger partial charge in [0.15, 0.2) is 0 Å². The summed E-state index contributed by atoms with van der Waals surface area (Å²) in [5.41, 5.74) is -1.18. The van der Waals surface area contributed by atoms with Crippen molar-refractivity contribution in [2.75, 3.05) is 13.1 Å². The van der Waals surface area contributed by atoms with E-state index in [1.165, 1.54) is 23.5 Å². The normalized spacial score (nSPS) is 20.6. The number of carbonyl (C=O) groups is 2. The number of alkyl halides is 2. The van der Waals surface area contributed by atoms with Crippen LogP contribution in [0.25, 0.3) is 5.95 Å². The molecule has 2 amide bonds. The molecular weight excluding hydrogens is 512 g/mol. The summed E-state index contributed by atoms with van der Waals surface area (Å²) in [7, 11) is 0. The maximum atomic E-state index is 13.7. The average Bonchev–Trinajstić information content (AvgIpc) is 3.21. The largest absolute Gasteiger partial charge is 0.474 e. The molecular formula is C23H22ClF2N7O4. The number of hydrogen-bond donors (Lipinski definition) is 2. The number of hydrogen-bond acceptors (Lipinski definition) is 7. The minimum atomic E-state index is -2.94. The summed E-state index contributed by atoms with van der Waals surface area (Å²) in [6, 6.07) is 4.75. The minimum Gasteiger partial charge on any atom is -0.474 e. The third-order valence-electron chi connectivity index (χ3n) is 6.51. The maximum absolute atomic E-state index is 13.7. The summed E-state index contributed by atoms with van der Waals surface area (Å²) in [5, 5.41) is 15.5. The van der Waals surface area contributed by atoms with E-state index in [-0.39, 0.29) is 40.5 Å². The van der Waals surface area contributed by atoms with Crippen molar-refractivity contribution in [3.63, 3.8) is 0 Å². The molecule has 3 atom stereocenters. The lowest BCUT2D eigenvalue weighted by Gasteiger charge is -2.26. The number of carbonyl (C=O) groups excluding carboxylic acids is 1. The van der Waals surface area contributed by atoms with Crippen LogP contribution < -0.4 is 10.1 Å². The molecule has 3 aromatic heterocycles. The Morgan fingerprint density at radius 1 is 1.22 bits per heavy atom. The van der Waals surface area contributed by atoms with Crippen LogP contribution in [0.15, 0.2) is 36.8 Å². The number of nitrogens with zero attached hydrogens (tertiary/aromatic N) is 6. The summed E-state index contributed by atoms with van der Waals surface area (Å²) >= 11 is 6.14. The first-order chi connectivity index (χ1) is 17.5. The molecule has 1 saturated heterocycles. The Balaban J connectivity index is 1.27. The monoisotopic (exact) mass is 533 g/mol. The van der Waals surface area contributed by atoms with Gasteiger partial charge in [0.25, 0.3) is 12.3 Å². The van der Waals surface area contributed by atoms with Gasteiger partial charge in [0.2, 0.25) is 11.8 Å². The molecule has 0 radical (unpaired) electrons. The van der Waals surface area contributed by atoms with Crippen molar-refractivity contribution >= 4 is 23.6 Å². The molecule has 0 spiro atoms. The summed E-state index contributed by atoms with van der Waals surface area (Å²) in [6.07, 6.45) is -0.236. The summed E-state index contributed by atoms with van der Waals surface area (Å²) in [6.45, 7) is 4.02. The molecule has 4 heterocycles. The predicted molar refractivity (Wildman–Crippen MR) is 125 cm³/mol. The molecule has 194 valence electrons. The Bertz CT molecular complexity index is 1340. The van der Waals surface area contributed by atoms with Crippen LogP contribution >= 0.6 is 11.6 Å². The Morgan fingerprint density at radius 2 is 1.89 bits per heavy atom. The number of pyridine rings is 1. The lowest BCUT2D eigenvalue weighted by molar-refractivity contribution is 0.0739. The van der Waals surface area contributed by atoms with Crippen LogP contribution in [0.2, 0.25) is 5.15 Å². The number of likely N-dealkylation sites (tertiary alicyclic amines) is 1. The number of rotatable bonds is 7. The molecule has 1 saturated carbocycles. The summed E-state index contributed by atoms with van der Waals surface area (Å²) in [5.74, 6) is -0.227. The van der Waals surface area contributed by atoms with E-state index in [1.807, 2.05) is 0 Å². The van der Waals surface area contributed by atoms with Crippen molar-refractivity contribution in [1.29, 1.82) is 0 Å². The highest BCUT2D eigenvalue weighted by molar-refractivity contribution is 6.29. The zero-order valence-corrected chi connectivity index (χ0v) is 20.4. The highest BCUT2D eigenvalue weighted by Crippen LogP contribution is 2.48. The first kappa shape index (κ1) is 24.8. The van der Waals surface area contributed by atoms with Gasteiger partial charge in [-0.25, -0.2) is 33.2 Å². The van der Waals surface area contributed by atoms with E-state index >= 15 is 0 Å². The molecule has 1 unspecified atom stereocenters. The van der Waals surface area contributed by atoms with Gasteiger partial charge in [-0.05, 0) is 31.5 Å². The SMILES string of the molecule is CC(C)(NC(=O)O)c1cc(Cl)nc(OC2[C@H]3CN(C(=O)c4cn(-c5ncccn5)nc4C(F)F)C[C@@H]23)c1. The van der Waals surface area contributed by atoms with Gasteiger partial charge in [-0.2, -0.15) is 5.10 Å². The first-order valence-electron chi connectivity index (χ1n) is 11.3. The van der Waals surface area contributed by atoms with Gasteiger partial charge in [0.1, 0.15) is 17.0 Å². The van der Waals surface area contributed by atoms with Crippen LogP contribution in [0.1, 0.15) is 41.9 Å². The fourth-order valence-electron chi connectivity index (χ4n) is 4.58. The molecule has 0 bridgehead atoms. The third kappa shape index (κ3) is 4.90. The van der Waals surface area contributed by atoms with E-state index in [2.05, 4.69) is 25.4 Å². The molecule has 1 aliphatic heterocycles. The number of carboxylic acid groups (broad SMARTS) is 1. The van der Waals surface area contributed by atoms with Crippen molar-refractivity contribution in [2.24, 2.45) is 11.8 Å². The van der Waals surface area contributed by atoms with E-state index in [4.69, 9.17) is 21.4 Å². The topological polar surface area (TPSA) is 135 Å². The molecule has 14 heteroatoms. The second-order valence-electron chi connectivity index (χ2n) is 9.41. The Morgan fingerprint density at radius 3 is 2.51 bits per heavy atom. The molecule has 0 aromatic carbocycles. The Hall–Kier alpha value is -3.87. The fourth-order valence-corrected chi connectivity index (χ4v) is 4.78. The quantitative estimate of drug-likeness (QED) is 0.442. The van der Waals surface area contributed by atoms with Crippen LogP contribution in [0.5, 0.6) is 5.88 Å². The van der Waals surface area contributed by atoms with Crippen LogP contribution in [-0.4, -0.2) is 65.9 Å². The third-order valence-corrected chi connectivity index (χ3v) is 6.70. The van der Waals surface area contributed by atoms with E-state index < -0.39 is 29.7 Å². The van der Waals surface area contributed by atoms with E-state index in [9.17, 15) is 18.4 Å². The molecule has 2 fully saturated rings. The highest BCUT2D eigenvalue weighted by Gasteiger charge is 2.59. The van der Waals surface area contributed by atoms with E-state index in [0.29, 0.717) is 18.7 Å². The lowest BCUT2D eigenvalue weighted by atomic mass is 9.95. The fraction of sp³-hybridized carbons (Fsp3) is 0.391. The number of aromatic nitrogens is 5. The molecule has 2 aliphatic rings. The number of amides is 2. The molecule has 11 nitrogen and oxygen atoms in total. The molecule has 5 rings (SSSR count). The van der Waals surface area contributed by atoms with Crippen molar-refractivity contribution < 1.29 is 28.2 Å². The van der Waals surface area contributed by atoms with Gasteiger partial charge >= 0.3 is 6.09 Å². The number of halogens is 3. The van der Waals surface area contributed by atoms with Gasteiger partial charge in [-0.15, -0.1) is 0 Å². The molecule has 1 aliphatic carbocycles. The predicted octanol–water partition coefficient (Wildman–Crippen LogP) is 3.30. The number of fused-ring (bicyclic) bond motifs is 1. The van der Waals surface area contributed by atoms with Crippen molar-refractivity contribution in [3.05, 3.63) is 58.8 Å². The van der Waals surface area contributed by atoms with Gasteiger partial charge in [0, 0.05) is 49.6 Å². The second-order valence-corrected chi connectivity index (χ2v) is 9.80. The molecule has 2 N–H and O–H groups in total. The van der Waals surface area contributed by atoms with Crippen LogP contribution in [0.4, 0.5) is 13.6 Å². The van der Waals surface area contributed by atoms with Crippen molar-refractivity contribution in [2.45, 2.75) is 31.9 Å². The molecule has 3 aromatic rings. The van der Waals surface area contributed by atoms with Gasteiger partial charge in [0.05, 0.1) is 11.1 Å². The lowest BCUT2D eigenvalue weighted by Crippen LogP contribution is -2.40. The van der Waals surface area contributed by atoms with Crippen LogP contribution in [0, 0.1) is 11.8 Å². The number of piperidine rings is 1. The van der Waals surface area contributed by atoms with Crippen LogP contribution in [0.3, 0.4) is 0 Å². The number of ether oxygens (including phenoxy) is 1. The van der Waals surface area contributed by atoms with Crippen molar-refractivity contribution in [3.8, 4) is 11.8 Å². The van der Waals surface area contributed by atoms with Gasteiger partial charge in [-0.1, -0.05) is 11.6 Å². The van der Waals surface area contributed by atoms with Gasteiger partial charge in [-0.3, -0.25) is 4.79 Å². The maximum Gasteiger partial charge on any atom is 0.405 e. The van der Waals surface area contributed by atoms with Crippen molar-refractivity contribution in [1.82, 2.24) is 34.9 Å². The Labute approximate surface area is 214 Å². The minimum absolute atomic E-state index is 0.000776. The zero-order chi connectivity index (χ0) is 26.5. The van der Waals surface area contributed by atoms with E-state index in [0.717, 1.165) is 4.68 Å². The number of nitrogens with one attached hydrogen (secondary N) is 1. The van der Waals surface area contributed by atoms with Gasteiger partial charge < -0.3 is 20.1 Å². The second kappa shape index (κ2) is 9.21. The van der Waals surface area contributed by atoms with E-state index in [1.54, 1.807) is 32.0 Å². The zero-order valence-electron chi connectivity index (χ0n) is 19.7. The average molecular weight is 534 g/mol. The molecule has 37 heavy (non-hydrogen) atoms.